The minimum absolute atomic E-state index is 0. The molecule has 1 aliphatic heterocycles. The Morgan fingerprint density at radius 1 is 0.587 bits per heavy atom. The summed E-state index contributed by atoms with van der Waals surface area (Å²) in [6, 6.07) is 57.4. The first-order valence-electron chi connectivity index (χ1n) is 21.4. The van der Waals surface area contributed by atoms with Crippen LogP contribution < -0.4 is 9.80 Å². The summed E-state index contributed by atoms with van der Waals surface area (Å²) in [5.41, 5.74) is 15.6. The number of pyridine rings is 1. The van der Waals surface area contributed by atoms with E-state index in [0.717, 1.165) is 90.0 Å². The number of nitrogens with zero attached hydrogens (tertiary/aromatic N) is 6. The van der Waals surface area contributed by atoms with Crippen LogP contribution in [0.1, 0.15) is 75.2 Å². The van der Waals surface area contributed by atoms with Crippen LogP contribution in [-0.2, 0) is 31.9 Å². The fourth-order valence-corrected chi connectivity index (χ4v) is 8.86. The maximum absolute atomic E-state index is 5.27. The number of para-hydroxylation sites is 3. The van der Waals surface area contributed by atoms with Crippen molar-refractivity contribution in [3.63, 3.8) is 0 Å². The number of aryl methyl sites for hydroxylation is 1. The second-order valence-corrected chi connectivity index (χ2v) is 18.4. The zero-order chi connectivity index (χ0) is 42.9. The number of benzene rings is 6. The topological polar surface area (TPSA) is 42.1 Å². The van der Waals surface area contributed by atoms with Gasteiger partial charge in [0.15, 0.2) is 0 Å². The van der Waals surface area contributed by atoms with Gasteiger partial charge in [-0.15, -0.1) is 35.7 Å². The number of fused-ring (bicyclic) bond motifs is 5. The van der Waals surface area contributed by atoms with Gasteiger partial charge in [-0.2, -0.15) is 17.2 Å². The Bertz CT molecular complexity index is 3110. The molecule has 0 radical (unpaired) electrons. The van der Waals surface area contributed by atoms with E-state index >= 15 is 0 Å². The summed E-state index contributed by atoms with van der Waals surface area (Å²) >= 11 is 0. The first-order chi connectivity index (χ1) is 29.8. The number of hydrogen-bond donors (Lipinski definition) is 0. The van der Waals surface area contributed by atoms with Gasteiger partial charge in [0.25, 0.3) is 0 Å². The molecule has 0 fully saturated rings. The van der Waals surface area contributed by atoms with Crippen LogP contribution in [-0.4, -0.2) is 19.3 Å². The molecule has 0 aliphatic carbocycles. The van der Waals surface area contributed by atoms with Crippen LogP contribution in [0, 0.1) is 26.0 Å². The standard InChI is InChI=1S/C56H50N6.Pt/c1-37-54(61-49-23-12-9-18-39(49)27-28-40-19-10-13-24-50(40)61)38(2)62(58-37)45-21-17-20-43(35-45)59(46-33-41(55(3,4)5)32-42(34-46)56(6,7)8)44-29-30-48-47-22-11-14-25-51(47)60(52(48)36-44)53-26-15-16-31-57-53;/h9-34H,1-8H3;/q-2;+2. The quantitative estimate of drug-likeness (QED) is 0.156. The van der Waals surface area contributed by atoms with Crippen molar-refractivity contribution in [2.45, 2.75) is 66.2 Å². The van der Waals surface area contributed by atoms with Gasteiger partial charge in [0, 0.05) is 17.4 Å². The summed E-state index contributed by atoms with van der Waals surface area (Å²) in [5.74, 6) is 0.850. The normalized spacial score (nSPS) is 12.5. The molecule has 0 unspecified atom stereocenters. The Balaban J connectivity index is 0.00000504. The van der Waals surface area contributed by atoms with E-state index in [1.54, 1.807) is 0 Å². The molecule has 0 spiro atoms. The Morgan fingerprint density at radius 2 is 1.21 bits per heavy atom. The van der Waals surface area contributed by atoms with Gasteiger partial charge in [-0.1, -0.05) is 137 Å². The number of hydrogen-bond acceptors (Lipinski definition) is 4. The molecule has 3 aromatic heterocycles. The van der Waals surface area contributed by atoms with E-state index in [9.17, 15) is 0 Å². The third-order valence-corrected chi connectivity index (χ3v) is 12.1. The third-order valence-electron chi connectivity index (χ3n) is 12.1. The predicted molar refractivity (Wildman–Crippen MR) is 259 cm³/mol. The van der Waals surface area contributed by atoms with Crippen LogP contribution in [0.15, 0.2) is 146 Å². The van der Waals surface area contributed by atoms with Crippen LogP contribution in [0.5, 0.6) is 0 Å². The van der Waals surface area contributed by atoms with Gasteiger partial charge < -0.3 is 14.4 Å². The molecule has 0 saturated heterocycles. The molecular weight excluding hydrogens is 952 g/mol. The number of rotatable bonds is 6. The molecule has 1 aliphatic rings. The summed E-state index contributed by atoms with van der Waals surface area (Å²) in [6.07, 6.45) is 6.27. The van der Waals surface area contributed by atoms with Crippen molar-refractivity contribution in [1.29, 1.82) is 0 Å². The fourth-order valence-electron chi connectivity index (χ4n) is 8.86. The molecule has 4 heterocycles. The van der Waals surface area contributed by atoms with Crippen molar-refractivity contribution in [2.24, 2.45) is 0 Å². The summed E-state index contributed by atoms with van der Waals surface area (Å²) in [4.78, 5) is 9.50. The third kappa shape index (κ3) is 7.40. The van der Waals surface area contributed by atoms with E-state index in [4.69, 9.17) is 10.1 Å². The molecule has 0 saturated carbocycles. The Hall–Kier alpha value is -6.49. The second-order valence-electron chi connectivity index (χ2n) is 18.4. The van der Waals surface area contributed by atoms with E-state index in [1.807, 2.05) is 23.0 Å². The average molecular weight is 1000 g/mol. The van der Waals surface area contributed by atoms with E-state index < -0.39 is 0 Å². The predicted octanol–water partition coefficient (Wildman–Crippen LogP) is 14.6. The van der Waals surface area contributed by atoms with Crippen LogP contribution in [0.25, 0.3) is 45.5 Å². The molecule has 0 atom stereocenters. The van der Waals surface area contributed by atoms with Crippen molar-refractivity contribution in [1.82, 2.24) is 19.3 Å². The van der Waals surface area contributed by atoms with E-state index in [2.05, 4.69) is 221 Å². The van der Waals surface area contributed by atoms with Gasteiger partial charge in [-0.3, -0.25) is 4.68 Å². The fraction of sp³-hybridized carbons (Fsp3) is 0.179. The van der Waals surface area contributed by atoms with E-state index in [-0.39, 0.29) is 31.9 Å². The zero-order valence-corrected chi connectivity index (χ0v) is 39.3. The first-order valence-corrected chi connectivity index (χ1v) is 21.4. The molecule has 10 rings (SSSR count). The van der Waals surface area contributed by atoms with Crippen molar-refractivity contribution < 1.29 is 21.1 Å². The van der Waals surface area contributed by atoms with Crippen LogP contribution in [0.4, 0.5) is 34.1 Å². The van der Waals surface area contributed by atoms with Crippen molar-refractivity contribution >= 4 is 68.1 Å². The molecule has 0 amide bonds. The van der Waals surface area contributed by atoms with Crippen LogP contribution >= 0.6 is 0 Å². The summed E-state index contributed by atoms with van der Waals surface area (Å²) < 4.78 is 4.28. The van der Waals surface area contributed by atoms with Gasteiger partial charge >= 0.3 is 21.1 Å². The molecule has 0 bridgehead atoms. The van der Waals surface area contributed by atoms with Gasteiger partial charge in [0.05, 0.1) is 28.5 Å². The van der Waals surface area contributed by atoms with Gasteiger partial charge in [0.1, 0.15) is 5.82 Å². The molecule has 314 valence electrons. The average Bonchev–Trinajstić information content (AvgIpc) is 3.69. The minimum atomic E-state index is -0.0908. The maximum Gasteiger partial charge on any atom is 2.00 e. The molecule has 7 heteroatoms. The summed E-state index contributed by atoms with van der Waals surface area (Å²) in [7, 11) is 0. The molecular formula is C56H50N6Pt. The van der Waals surface area contributed by atoms with Crippen LogP contribution in [0.2, 0.25) is 0 Å². The second kappa shape index (κ2) is 16.0. The Kier molecular flexibility index (Phi) is 10.6. The smallest absolute Gasteiger partial charge is 0.358 e. The SMILES string of the molecule is Cc1nn(-c2[c-]c(N(c3[c-]c4c(cc3)c3ccccc3n4-c3ccccn3)c3cc(C(C)(C)C)cc(C(C)(C)C)c3)ccc2)c(C)c1N1c2ccccc2C=Cc2ccccc21.[Pt+2]. The number of anilines is 6. The molecule has 63 heavy (non-hydrogen) atoms. The van der Waals surface area contributed by atoms with Gasteiger partial charge in [-0.25, -0.2) is 4.98 Å². The Labute approximate surface area is 385 Å². The Morgan fingerprint density at radius 3 is 1.86 bits per heavy atom. The molecule has 6 nitrogen and oxygen atoms in total. The van der Waals surface area contributed by atoms with E-state index in [0.29, 0.717) is 0 Å². The van der Waals surface area contributed by atoms with Crippen molar-refractivity contribution in [3.8, 4) is 11.5 Å². The summed E-state index contributed by atoms with van der Waals surface area (Å²) in [5, 5.41) is 7.55. The molecule has 6 aromatic carbocycles. The van der Waals surface area contributed by atoms with Gasteiger partial charge in [0.2, 0.25) is 0 Å². The maximum atomic E-state index is 5.27. The monoisotopic (exact) mass is 1000 g/mol. The molecule has 9 aromatic rings. The zero-order valence-electron chi connectivity index (χ0n) is 37.0. The van der Waals surface area contributed by atoms with Crippen LogP contribution in [0.3, 0.4) is 0 Å². The largest absolute Gasteiger partial charge is 2.00 e. The summed E-state index contributed by atoms with van der Waals surface area (Å²) in [6.45, 7) is 18.0. The minimum Gasteiger partial charge on any atom is -0.358 e. The molecule has 0 N–H and O–H groups in total. The van der Waals surface area contributed by atoms with Crippen molar-refractivity contribution in [2.75, 3.05) is 9.80 Å². The first kappa shape index (κ1) is 41.8. The van der Waals surface area contributed by atoms with Gasteiger partial charge in [-0.05, 0) is 100 Å². The number of aromatic nitrogens is 4. The van der Waals surface area contributed by atoms with E-state index in [1.165, 1.54) is 11.1 Å². The van der Waals surface area contributed by atoms with Crippen molar-refractivity contribution in [3.05, 3.63) is 191 Å².